The second-order valence-electron chi connectivity index (χ2n) is 7.70. The van der Waals surface area contributed by atoms with E-state index < -0.39 is 0 Å². The van der Waals surface area contributed by atoms with Crippen molar-refractivity contribution in [3.8, 4) is 23.0 Å². The molecule has 4 aromatic carbocycles. The number of nitrogens with one attached hydrogen (secondary N) is 2. The Morgan fingerprint density at radius 2 is 0.917 bits per heavy atom. The molecule has 0 saturated carbocycles. The second kappa shape index (κ2) is 10.7. The number of benzene rings is 4. The normalized spacial score (nSPS) is 10.4. The Kier molecular flexibility index (Phi) is 7.25. The van der Waals surface area contributed by atoms with E-state index in [1.54, 1.807) is 48.5 Å². The highest BCUT2D eigenvalue weighted by atomic mass is 16.5. The Morgan fingerprint density at radius 3 is 1.28 bits per heavy atom. The predicted octanol–water partition coefficient (Wildman–Crippen LogP) is 5.38. The van der Waals surface area contributed by atoms with Crippen molar-refractivity contribution in [1.82, 2.24) is 0 Å². The molecule has 0 radical (unpaired) electrons. The summed E-state index contributed by atoms with van der Waals surface area (Å²) < 4.78 is 21.4. The third-order valence-electron chi connectivity index (χ3n) is 5.71. The molecule has 8 heteroatoms. The first-order valence-corrected chi connectivity index (χ1v) is 11.1. The van der Waals surface area contributed by atoms with Crippen LogP contribution in [0.3, 0.4) is 0 Å². The summed E-state index contributed by atoms with van der Waals surface area (Å²) in [7, 11) is 6.00. The quantitative estimate of drug-likeness (QED) is 0.347. The number of anilines is 2. The Hall–Kier alpha value is -4.72. The Balaban J connectivity index is 1.67. The van der Waals surface area contributed by atoms with Crippen molar-refractivity contribution in [3.63, 3.8) is 0 Å². The van der Waals surface area contributed by atoms with Gasteiger partial charge >= 0.3 is 0 Å². The average molecular weight is 487 g/mol. The third-order valence-corrected chi connectivity index (χ3v) is 5.71. The largest absolute Gasteiger partial charge is 0.493 e. The lowest BCUT2D eigenvalue weighted by Gasteiger charge is -2.16. The van der Waals surface area contributed by atoms with Gasteiger partial charge in [-0.05, 0) is 36.4 Å². The molecule has 0 fully saturated rings. The standard InChI is InChI=1S/C28H26N2O6/c1-33-23-15-7-11-19(25(23)35-3)27(31)29-21-13-5-10-18-17(21)9-6-14-22(18)30-28(32)20-12-8-16-24(34-2)26(20)36-4/h5-16H,1-4H3,(H,29,31)(H,30,32). The molecule has 0 aromatic heterocycles. The molecule has 2 N–H and O–H groups in total. The molecular formula is C28H26N2O6. The molecule has 0 aliphatic carbocycles. The summed E-state index contributed by atoms with van der Waals surface area (Å²) in [5, 5.41) is 7.40. The van der Waals surface area contributed by atoms with Crippen molar-refractivity contribution in [2.24, 2.45) is 0 Å². The first-order chi connectivity index (χ1) is 17.5. The zero-order chi connectivity index (χ0) is 25.7. The van der Waals surface area contributed by atoms with Crippen molar-refractivity contribution in [1.29, 1.82) is 0 Å². The fourth-order valence-electron chi connectivity index (χ4n) is 4.04. The number of hydrogen-bond acceptors (Lipinski definition) is 6. The monoisotopic (exact) mass is 486 g/mol. The molecule has 4 rings (SSSR count). The molecule has 0 saturated heterocycles. The molecule has 0 spiro atoms. The molecule has 4 aromatic rings. The number of para-hydroxylation sites is 2. The van der Waals surface area contributed by atoms with Crippen molar-refractivity contribution in [2.45, 2.75) is 0 Å². The molecule has 0 bridgehead atoms. The van der Waals surface area contributed by atoms with Crippen LogP contribution in [0.5, 0.6) is 23.0 Å². The van der Waals surface area contributed by atoms with E-state index in [0.717, 1.165) is 10.8 Å². The van der Waals surface area contributed by atoms with Crippen molar-refractivity contribution >= 4 is 34.0 Å². The fourth-order valence-corrected chi connectivity index (χ4v) is 4.04. The predicted molar refractivity (Wildman–Crippen MR) is 139 cm³/mol. The first kappa shape index (κ1) is 24.4. The van der Waals surface area contributed by atoms with E-state index in [0.29, 0.717) is 45.5 Å². The van der Waals surface area contributed by atoms with Crippen LogP contribution in [0.15, 0.2) is 72.8 Å². The summed E-state index contributed by atoms with van der Waals surface area (Å²) in [5.41, 5.74) is 1.83. The summed E-state index contributed by atoms with van der Waals surface area (Å²) >= 11 is 0. The third kappa shape index (κ3) is 4.61. The topological polar surface area (TPSA) is 95.1 Å². The highest BCUT2D eigenvalue weighted by Gasteiger charge is 2.19. The van der Waals surface area contributed by atoms with Gasteiger partial charge in [0.25, 0.3) is 11.8 Å². The SMILES string of the molecule is COc1cccc(C(=O)Nc2cccc3c(NC(=O)c4cccc(OC)c4OC)cccc23)c1OC. The van der Waals surface area contributed by atoms with Crippen LogP contribution in [-0.4, -0.2) is 40.3 Å². The molecule has 0 atom stereocenters. The van der Waals surface area contributed by atoms with Gasteiger partial charge in [-0.3, -0.25) is 9.59 Å². The van der Waals surface area contributed by atoms with Gasteiger partial charge in [-0.25, -0.2) is 0 Å². The maximum atomic E-state index is 13.1. The molecule has 2 amide bonds. The van der Waals surface area contributed by atoms with Gasteiger partial charge in [0.1, 0.15) is 0 Å². The molecule has 0 unspecified atom stereocenters. The van der Waals surface area contributed by atoms with E-state index in [1.165, 1.54) is 28.4 Å². The lowest BCUT2D eigenvalue weighted by molar-refractivity contribution is 0.101. The van der Waals surface area contributed by atoms with E-state index in [-0.39, 0.29) is 11.8 Å². The summed E-state index contributed by atoms with van der Waals surface area (Å²) in [4.78, 5) is 26.3. The minimum atomic E-state index is -0.353. The van der Waals surface area contributed by atoms with E-state index in [1.807, 2.05) is 24.3 Å². The van der Waals surface area contributed by atoms with E-state index in [9.17, 15) is 9.59 Å². The zero-order valence-electron chi connectivity index (χ0n) is 20.4. The number of fused-ring (bicyclic) bond motifs is 1. The number of methoxy groups -OCH3 is 4. The Bertz CT molecular complexity index is 1320. The van der Waals surface area contributed by atoms with Gasteiger partial charge in [-0.2, -0.15) is 0 Å². The molecule has 0 aliphatic heterocycles. The molecule has 8 nitrogen and oxygen atoms in total. The number of amides is 2. The van der Waals surface area contributed by atoms with Crippen LogP contribution in [0, 0.1) is 0 Å². The molecule has 0 aliphatic rings. The van der Waals surface area contributed by atoms with Crippen LogP contribution in [-0.2, 0) is 0 Å². The van der Waals surface area contributed by atoms with Gasteiger partial charge in [-0.15, -0.1) is 0 Å². The number of hydrogen-bond donors (Lipinski definition) is 2. The zero-order valence-corrected chi connectivity index (χ0v) is 20.4. The van der Waals surface area contributed by atoms with Crippen LogP contribution in [0.4, 0.5) is 11.4 Å². The lowest BCUT2D eigenvalue weighted by Crippen LogP contribution is -2.15. The molecular weight excluding hydrogens is 460 g/mol. The van der Waals surface area contributed by atoms with Crippen LogP contribution < -0.4 is 29.6 Å². The van der Waals surface area contributed by atoms with Gasteiger partial charge in [0.05, 0.1) is 39.6 Å². The van der Waals surface area contributed by atoms with Crippen LogP contribution >= 0.6 is 0 Å². The number of ether oxygens (including phenoxy) is 4. The van der Waals surface area contributed by atoms with Gasteiger partial charge in [-0.1, -0.05) is 36.4 Å². The van der Waals surface area contributed by atoms with E-state index in [2.05, 4.69) is 10.6 Å². The van der Waals surface area contributed by atoms with Crippen molar-refractivity contribution < 1.29 is 28.5 Å². The highest BCUT2D eigenvalue weighted by molar-refractivity contribution is 6.15. The maximum Gasteiger partial charge on any atom is 0.259 e. The second-order valence-corrected chi connectivity index (χ2v) is 7.70. The molecule has 36 heavy (non-hydrogen) atoms. The van der Waals surface area contributed by atoms with E-state index >= 15 is 0 Å². The number of carbonyl (C=O) groups excluding carboxylic acids is 2. The van der Waals surface area contributed by atoms with Crippen molar-refractivity contribution in [3.05, 3.63) is 83.9 Å². The van der Waals surface area contributed by atoms with E-state index in [4.69, 9.17) is 18.9 Å². The Labute approximate surface area is 208 Å². The minimum absolute atomic E-state index is 0.337. The van der Waals surface area contributed by atoms with Crippen LogP contribution in [0.1, 0.15) is 20.7 Å². The smallest absolute Gasteiger partial charge is 0.259 e. The molecule has 184 valence electrons. The number of rotatable bonds is 8. The van der Waals surface area contributed by atoms with Crippen molar-refractivity contribution in [2.75, 3.05) is 39.1 Å². The van der Waals surface area contributed by atoms with Gasteiger partial charge in [0, 0.05) is 22.1 Å². The molecule has 0 heterocycles. The van der Waals surface area contributed by atoms with Gasteiger partial charge in [0.15, 0.2) is 23.0 Å². The maximum absolute atomic E-state index is 13.1. The van der Waals surface area contributed by atoms with Gasteiger partial charge < -0.3 is 29.6 Å². The van der Waals surface area contributed by atoms with Crippen LogP contribution in [0.2, 0.25) is 0 Å². The summed E-state index contributed by atoms with van der Waals surface area (Å²) in [6, 6.07) is 21.2. The fraction of sp³-hybridized carbons (Fsp3) is 0.143. The highest BCUT2D eigenvalue weighted by Crippen LogP contribution is 2.35. The summed E-state index contributed by atoms with van der Waals surface area (Å²) in [6.07, 6.45) is 0. The average Bonchev–Trinajstić information content (AvgIpc) is 2.92. The number of carbonyl (C=O) groups is 2. The first-order valence-electron chi connectivity index (χ1n) is 11.1. The summed E-state index contributed by atoms with van der Waals surface area (Å²) in [5.74, 6) is 0.903. The summed E-state index contributed by atoms with van der Waals surface area (Å²) in [6.45, 7) is 0. The van der Waals surface area contributed by atoms with Crippen LogP contribution in [0.25, 0.3) is 10.8 Å². The minimum Gasteiger partial charge on any atom is -0.493 e. The van der Waals surface area contributed by atoms with Gasteiger partial charge in [0.2, 0.25) is 0 Å². The lowest BCUT2D eigenvalue weighted by atomic mass is 10.1. The Morgan fingerprint density at radius 1 is 0.528 bits per heavy atom.